The Hall–Kier alpha value is -1.30. The van der Waals surface area contributed by atoms with Crippen molar-refractivity contribution in [2.75, 3.05) is 0 Å². The third-order valence-corrected chi connectivity index (χ3v) is 2.50. The van der Waals surface area contributed by atoms with Crippen molar-refractivity contribution in [2.24, 2.45) is 5.73 Å². The SMILES string of the molecule is N#Cc1ncc(I)c(C(F)F)c1C(N)=O. The molecule has 0 radical (unpaired) electrons. The normalized spacial score (nSPS) is 10.1. The van der Waals surface area contributed by atoms with Crippen molar-refractivity contribution in [3.05, 3.63) is 26.6 Å². The number of hydrogen-bond acceptors (Lipinski definition) is 3. The van der Waals surface area contributed by atoms with Crippen molar-refractivity contribution in [3.8, 4) is 6.07 Å². The molecule has 0 saturated heterocycles. The number of nitrogens with two attached hydrogens (primary N) is 1. The first kappa shape index (κ1) is 11.8. The van der Waals surface area contributed by atoms with Gasteiger partial charge in [-0.1, -0.05) is 0 Å². The lowest BCUT2D eigenvalue weighted by Gasteiger charge is -2.08. The lowest BCUT2D eigenvalue weighted by atomic mass is 10.1. The van der Waals surface area contributed by atoms with Gasteiger partial charge in [-0.15, -0.1) is 0 Å². The minimum absolute atomic E-state index is 0.107. The molecule has 0 saturated carbocycles. The van der Waals surface area contributed by atoms with Crippen LogP contribution >= 0.6 is 22.6 Å². The van der Waals surface area contributed by atoms with E-state index < -0.39 is 23.5 Å². The predicted molar refractivity (Wildman–Crippen MR) is 55.1 cm³/mol. The zero-order chi connectivity index (χ0) is 11.6. The van der Waals surface area contributed by atoms with Crippen molar-refractivity contribution in [1.82, 2.24) is 4.98 Å². The van der Waals surface area contributed by atoms with Gasteiger partial charge in [0, 0.05) is 15.3 Å². The highest BCUT2D eigenvalue weighted by molar-refractivity contribution is 14.1. The van der Waals surface area contributed by atoms with Crippen LogP contribution in [0.4, 0.5) is 8.78 Å². The summed E-state index contributed by atoms with van der Waals surface area (Å²) in [7, 11) is 0. The topological polar surface area (TPSA) is 79.8 Å². The number of carbonyl (C=O) groups is 1. The third kappa shape index (κ3) is 2.20. The van der Waals surface area contributed by atoms with Gasteiger partial charge in [0.1, 0.15) is 6.07 Å². The van der Waals surface area contributed by atoms with Gasteiger partial charge in [-0.2, -0.15) is 5.26 Å². The van der Waals surface area contributed by atoms with Crippen molar-refractivity contribution < 1.29 is 13.6 Å². The smallest absolute Gasteiger partial charge is 0.265 e. The molecule has 0 atom stereocenters. The number of nitriles is 1. The fraction of sp³-hybridized carbons (Fsp3) is 0.125. The highest BCUT2D eigenvalue weighted by Gasteiger charge is 2.24. The van der Waals surface area contributed by atoms with Crippen LogP contribution in [0.1, 0.15) is 28.0 Å². The molecule has 0 aliphatic rings. The minimum Gasteiger partial charge on any atom is -0.365 e. The summed E-state index contributed by atoms with van der Waals surface area (Å²) in [6.45, 7) is 0. The Morgan fingerprint density at radius 1 is 1.67 bits per heavy atom. The fourth-order valence-electron chi connectivity index (χ4n) is 1.05. The van der Waals surface area contributed by atoms with E-state index in [-0.39, 0.29) is 9.26 Å². The van der Waals surface area contributed by atoms with E-state index >= 15 is 0 Å². The van der Waals surface area contributed by atoms with Gasteiger partial charge >= 0.3 is 0 Å². The molecule has 0 aliphatic carbocycles. The molecule has 1 aromatic rings. The Morgan fingerprint density at radius 2 is 2.27 bits per heavy atom. The molecular weight excluding hydrogens is 319 g/mol. The molecule has 7 heteroatoms. The van der Waals surface area contributed by atoms with Gasteiger partial charge in [0.05, 0.1) is 5.56 Å². The van der Waals surface area contributed by atoms with Crippen molar-refractivity contribution >= 4 is 28.5 Å². The second kappa shape index (κ2) is 4.48. The zero-order valence-corrected chi connectivity index (χ0v) is 9.33. The van der Waals surface area contributed by atoms with Gasteiger partial charge in [-0.05, 0) is 22.6 Å². The summed E-state index contributed by atoms with van der Waals surface area (Å²) >= 11 is 1.61. The lowest BCUT2D eigenvalue weighted by molar-refractivity contribution is 0.0984. The summed E-state index contributed by atoms with van der Waals surface area (Å²) in [5, 5.41) is 8.60. The van der Waals surface area contributed by atoms with Crippen LogP contribution in [0, 0.1) is 14.9 Å². The highest BCUT2D eigenvalue weighted by Crippen LogP contribution is 2.28. The first-order valence-electron chi connectivity index (χ1n) is 3.65. The molecule has 1 rings (SSSR count). The van der Waals surface area contributed by atoms with Crippen LogP contribution in [0.15, 0.2) is 6.20 Å². The molecule has 0 spiro atoms. The van der Waals surface area contributed by atoms with Gasteiger partial charge in [-0.3, -0.25) is 4.79 Å². The molecule has 0 aromatic carbocycles. The van der Waals surface area contributed by atoms with E-state index in [1.54, 1.807) is 28.7 Å². The van der Waals surface area contributed by atoms with Gasteiger partial charge in [0.25, 0.3) is 12.3 Å². The van der Waals surface area contributed by atoms with E-state index in [0.29, 0.717) is 0 Å². The predicted octanol–water partition coefficient (Wildman–Crippen LogP) is 1.59. The van der Waals surface area contributed by atoms with Crippen molar-refractivity contribution in [3.63, 3.8) is 0 Å². The number of nitrogens with zero attached hydrogens (tertiary/aromatic N) is 2. The summed E-state index contributed by atoms with van der Waals surface area (Å²) in [5.74, 6) is -1.08. The number of alkyl halides is 2. The van der Waals surface area contributed by atoms with Crippen LogP contribution in [0.5, 0.6) is 0 Å². The summed E-state index contributed by atoms with van der Waals surface area (Å²) < 4.78 is 25.3. The maximum absolute atomic E-state index is 12.6. The number of rotatable bonds is 2. The van der Waals surface area contributed by atoms with Gasteiger partial charge < -0.3 is 5.73 Å². The number of hydrogen-bond donors (Lipinski definition) is 1. The van der Waals surface area contributed by atoms with Gasteiger partial charge in [0.2, 0.25) is 0 Å². The molecule has 0 aliphatic heterocycles. The van der Waals surface area contributed by atoms with Crippen molar-refractivity contribution in [2.45, 2.75) is 6.43 Å². The molecule has 4 nitrogen and oxygen atoms in total. The van der Waals surface area contributed by atoms with Crippen LogP contribution in [0.2, 0.25) is 0 Å². The summed E-state index contributed by atoms with van der Waals surface area (Å²) in [6.07, 6.45) is -1.76. The molecule has 1 heterocycles. The Kier molecular flexibility index (Phi) is 3.52. The van der Waals surface area contributed by atoms with E-state index in [2.05, 4.69) is 4.98 Å². The van der Waals surface area contributed by atoms with Gasteiger partial charge in [-0.25, -0.2) is 13.8 Å². The number of amides is 1. The largest absolute Gasteiger partial charge is 0.365 e. The Balaban J connectivity index is 3.60. The molecule has 0 fully saturated rings. The van der Waals surface area contributed by atoms with Crippen LogP contribution in [0.25, 0.3) is 0 Å². The monoisotopic (exact) mass is 323 g/mol. The molecule has 2 N–H and O–H groups in total. The van der Waals surface area contributed by atoms with Crippen LogP contribution in [0.3, 0.4) is 0 Å². The number of pyridine rings is 1. The molecule has 0 bridgehead atoms. The maximum Gasteiger partial charge on any atom is 0.265 e. The quantitative estimate of drug-likeness (QED) is 0.840. The summed E-state index contributed by atoms with van der Waals surface area (Å²) in [4.78, 5) is 14.5. The maximum atomic E-state index is 12.6. The van der Waals surface area contributed by atoms with Gasteiger partial charge in [0.15, 0.2) is 5.69 Å². The summed E-state index contributed by atoms with van der Waals surface area (Å²) in [6, 6.07) is 1.55. The third-order valence-electron chi connectivity index (χ3n) is 1.64. The fourth-order valence-corrected chi connectivity index (χ4v) is 1.69. The average Bonchev–Trinajstić information content (AvgIpc) is 2.16. The van der Waals surface area contributed by atoms with E-state index in [4.69, 9.17) is 11.0 Å². The Labute approximate surface area is 97.2 Å². The molecule has 1 amide bonds. The standard InChI is InChI=1S/C8H4F2IN3O/c9-7(10)5-3(11)2-14-4(1-12)6(5)8(13)15/h2,7H,(H2,13,15). The molecule has 0 unspecified atom stereocenters. The first-order valence-corrected chi connectivity index (χ1v) is 4.73. The lowest BCUT2D eigenvalue weighted by Crippen LogP contribution is -2.18. The zero-order valence-electron chi connectivity index (χ0n) is 7.17. The van der Waals surface area contributed by atoms with Crippen LogP contribution < -0.4 is 5.73 Å². The molecular formula is C8H4F2IN3O. The highest BCUT2D eigenvalue weighted by atomic mass is 127. The Bertz CT molecular complexity index is 456. The number of primary amides is 1. The minimum atomic E-state index is -2.87. The first-order chi connectivity index (χ1) is 6.99. The second-order valence-corrected chi connectivity index (χ2v) is 3.68. The summed E-state index contributed by atoms with van der Waals surface area (Å²) in [5.41, 5.74) is 3.52. The number of carbonyl (C=O) groups excluding carboxylic acids is 1. The Morgan fingerprint density at radius 3 is 2.67 bits per heavy atom. The van der Waals surface area contributed by atoms with E-state index in [1.807, 2.05) is 0 Å². The molecule has 15 heavy (non-hydrogen) atoms. The molecule has 1 aromatic heterocycles. The van der Waals surface area contributed by atoms with Crippen LogP contribution in [-0.2, 0) is 0 Å². The van der Waals surface area contributed by atoms with Crippen molar-refractivity contribution in [1.29, 1.82) is 5.26 Å². The molecule has 78 valence electrons. The second-order valence-electron chi connectivity index (χ2n) is 2.52. The average molecular weight is 323 g/mol. The van der Waals surface area contributed by atoms with Crippen LogP contribution in [-0.4, -0.2) is 10.9 Å². The van der Waals surface area contributed by atoms with E-state index in [9.17, 15) is 13.6 Å². The van der Waals surface area contributed by atoms with E-state index in [0.717, 1.165) is 6.20 Å². The number of aromatic nitrogens is 1. The van der Waals surface area contributed by atoms with E-state index in [1.165, 1.54) is 0 Å². The number of halogens is 3.